The van der Waals surface area contributed by atoms with Crippen LogP contribution in [-0.4, -0.2) is 12.0 Å². The summed E-state index contributed by atoms with van der Waals surface area (Å²) in [7, 11) is 0. The Balaban J connectivity index is 1.86. The van der Waals surface area contributed by atoms with Crippen molar-refractivity contribution in [1.29, 1.82) is 0 Å². The van der Waals surface area contributed by atoms with E-state index in [2.05, 4.69) is 32.6 Å². The molecule has 1 aliphatic carbocycles. The maximum Gasteiger partial charge on any atom is 0.206 e. The molecule has 76 valence electrons. The van der Waals surface area contributed by atoms with E-state index >= 15 is 0 Å². The monoisotopic (exact) mass is 210 g/mol. The van der Waals surface area contributed by atoms with Gasteiger partial charge >= 0.3 is 0 Å². The first-order valence-corrected chi connectivity index (χ1v) is 5.61. The third-order valence-corrected chi connectivity index (χ3v) is 2.79. The molecule has 1 aromatic rings. The topological polar surface area (TPSA) is 62.4 Å². The Hall–Kier alpha value is -1.07. The van der Waals surface area contributed by atoms with Crippen molar-refractivity contribution in [2.75, 3.05) is 0 Å². The summed E-state index contributed by atoms with van der Waals surface area (Å²) in [5.41, 5.74) is 3.80. The lowest BCUT2D eigenvalue weighted by atomic mass is 10.3. The van der Waals surface area contributed by atoms with E-state index in [1.54, 1.807) is 11.3 Å². The lowest BCUT2D eigenvalue weighted by Crippen LogP contribution is -2.42. The molecule has 4 N–H and O–H groups in total. The normalized spacial score (nSPS) is 16.8. The number of aliphatic imine (C=N–C) groups is 1. The van der Waals surface area contributed by atoms with Crippen molar-refractivity contribution in [3.8, 4) is 0 Å². The molecule has 1 fully saturated rings. The van der Waals surface area contributed by atoms with Crippen LogP contribution in [0.5, 0.6) is 0 Å². The van der Waals surface area contributed by atoms with Crippen LogP contribution in [0.4, 0.5) is 0 Å². The van der Waals surface area contributed by atoms with Gasteiger partial charge in [0.1, 0.15) is 0 Å². The van der Waals surface area contributed by atoms with Crippen molar-refractivity contribution in [1.82, 2.24) is 10.7 Å². The number of nitrogens with zero attached hydrogens (tertiary/aromatic N) is 1. The van der Waals surface area contributed by atoms with Crippen molar-refractivity contribution in [2.45, 2.75) is 25.4 Å². The smallest absolute Gasteiger partial charge is 0.206 e. The van der Waals surface area contributed by atoms with Crippen LogP contribution in [0, 0.1) is 0 Å². The Kier molecular flexibility index (Phi) is 3.00. The van der Waals surface area contributed by atoms with Crippen LogP contribution in [0.2, 0.25) is 0 Å². The largest absolute Gasteiger partial charge is 0.353 e. The zero-order valence-electron chi connectivity index (χ0n) is 7.86. The zero-order valence-corrected chi connectivity index (χ0v) is 8.68. The summed E-state index contributed by atoms with van der Waals surface area (Å²) in [6, 6.07) is 2.65. The molecule has 0 amide bonds. The van der Waals surface area contributed by atoms with Crippen LogP contribution in [0.3, 0.4) is 0 Å². The van der Waals surface area contributed by atoms with Gasteiger partial charge in [-0.15, -0.1) is 0 Å². The van der Waals surface area contributed by atoms with Gasteiger partial charge in [0.25, 0.3) is 0 Å². The highest BCUT2D eigenvalue weighted by molar-refractivity contribution is 7.07. The first-order valence-electron chi connectivity index (χ1n) is 4.67. The van der Waals surface area contributed by atoms with Gasteiger partial charge in [-0.2, -0.15) is 11.3 Å². The van der Waals surface area contributed by atoms with Crippen molar-refractivity contribution < 1.29 is 0 Å². The fourth-order valence-electron chi connectivity index (χ4n) is 1.11. The van der Waals surface area contributed by atoms with Crippen LogP contribution in [0.25, 0.3) is 0 Å². The minimum atomic E-state index is 0.576. The number of guanidine groups is 1. The summed E-state index contributed by atoms with van der Waals surface area (Å²) < 4.78 is 0. The lowest BCUT2D eigenvalue weighted by molar-refractivity contribution is 0.821. The summed E-state index contributed by atoms with van der Waals surface area (Å²) in [6.45, 7) is 0.683. The molecular weight excluding hydrogens is 196 g/mol. The Bertz CT molecular complexity index is 303. The molecule has 0 bridgehead atoms. The highest BCUT2D eigenvalue weighted by Crippen LogP contribution is 2.18. The highest BCUT2D eigenvalue weighted by atomic mass is 32.1. The van der Waals surface area contributed by atoms with E-state index in [0.717, 1.165) is 0 Å². The number of nitrogens with one attached hydrogen (secondary N) is 2. The predicted molar refractivity (Wildman–Crippen MR) is 58.9 cm³/mol. The van der Waals surface area contributed by atoms with Gasteiger partial charge in [0.2, 0.25) is 5.96 Å². The summed E-state index contributed by atoms with van der Waals surface area (Å²) in [4.78, 5) is 4.34. The van der Waals surface area contributed by atoms with Gasteiger partial charge in [-0.25, -0.2) is 10.8 Å². The predicted octanol–water partition coefficient (Wildman–Crippen LogP) is 0.819. The quantitative estimate of drug-likeness (QED) is 0.299. The molecule has 0 spiro atoms. The molecule has 1 aromatic heterocycles. The first kappa shape index (κ1) is 9.48. The van der Waals surface area contributed by atoms with E-state index < -0.39 is 0 Å². The summed E-state index contributed by atoms with van der Waals surface area (Å²) in [5.74, 6) is 6.04. The van der Waals surface area contributed by atoms with Gasteiger partial charge in [-0.05, 0) is 35.2 Å². The molecule has 0 atom stereocenters. The second kappa shape index (κ2) is 4.43. The molecule has 0 aromatic carbocycles. The molecular formula is C9H14N4S. The van der Waals surface area contributed by atoms with Gasteiger partial charge in [0.15, 0.2) is 0 Å². The Morgan fingerprint density at radius 2 is 2.50 bits per heavy atom. The standard InChI is InChI=1S/C9H14N4S/c10-13-9(12-8-1-2-8)11-5-7-3-4-14-6-7/h3-4,6,8H,1-2,5,10H2,(H2,11,12,13). The van der Waals surface area contributed by atoms with Crippen molar-refractivity contribution >= 4 is 17.3 Å². The maximum atomic E-state index is 5.35. The van der Waals surface area contributed by atoms with Gasteiger partial charge in [-0.1, -0.05) is 0 Å². The first-order chi connectivity index (χ1) is 6.88. The van der Waals surface area contributed by atoms with Crippen molar-refractivity contribution in [2.24, 2.45) is 10.8 Å². The fourth-order valence-corrected chi connectivity index (χ4v) is 1.77. The average Bonchev–Trinajstić information content (AvgIpc) is 2.86. The van der Waals surface area contributed by atoms with Crippen molar-refractivity contribution in [3.05, 3.63) is 22.4 Å². The second-order valence-corrected chi connectivity index (χ2v) is 4.14. The van der Waals surface area contributed by atoms with Gasteiger partial charge in [0, 0.05) is 6.04 Å². The molecule has 5 heteroatoms. The van der Waals surface area contributed by atoms with E-state index in [9.17, 15) is 0 Å². The SMILES string of the molecule is NNC(=NCc1ccsc1)NC1CC1. The summed E-state index contributed by atoms with van der Waals surface area (Å²) >= 11 is 1.68. The zero-order chi connectivity index (χ0) is 9.80. The van der Waals surface area contributed by atoms with Crippen LogP contribution in [0.15, 0.2) is 21.8 Å². The Labute approximate surface area is 87.2 Å². The third kappa shape index (κ3) is 2.71. The number of rotatable bonds is 3. The minimum absolute atomic E-state index is 0.576. The minimum Gasteiger partial charge on any atom is -0.353 e. The Morgan fingerprint density at radius 1 is 1.64 bits per heavy atom. The fraction of sp³-hybridized carbons (Fsp3) is 0.444. The molecule has 1 saturated carbocycles. The molecule has 2 rings (SSSR count). The molecule has 0 radical (unpaired) electrons. The van der Waals surface area contributed by atoms with E-state index in [4.69, 9.17) is 5.84 Å². The van der Waals surface area contributed by atoms with Gasteiger partial charge in [0.05, 0.1) is 6.54 Å². The van der Waals surface area contributed by atoms with Crippen molar-refractivity contribution in [3.63, 3.8) is 0 Å². The van der Waals surface area contributed by atoms with Crippen LogP contribution in [0.1, 0.15) is 18.4 Å². The second-order valence-electron chi connectivity index (χ2n) is 3.36. The van der Waals surface area contributed by atoms with Gasteiger partial charge in [-0.3, -0.25) is 5.43 Å². The highest BCUT2D eigenvalue weighted by Gasteiger charge is 2.21. The molecule has 0 saturated heterocycles. The summed E-state index contributed by atoms with van der Waals surface area (Å²) in [5, 5.41) is 7.36. The number of thiophene rings is 1. The van der Waals surface area contributed by atoms with Crippen LogP contribution in [-0.2, 0) is 6.54 Å². The summed E-state index contributed by atoms with van der Waals surface area (Å²) in [6.07, 6.45) is 2.44. The Morgan fingerprint density at radius 3 is 3.07 bits per heavy atom. The average molecular weight is 210 g/mol. The van der Waals surface area contributed by atoms with E-state index in [0.29, 0.717) is 18.5 Å². The molecule has 1 aliphatic rings. The number of hydrogen-bond donors (Lipinski definition) is 3. The lowest BCUT2D eigenvalue weighted by Gasteiger charge is -2.06. The molecule has 0 aliphatic heterocycles. The van der Waals surface area contributed by atoms with E-state index in [1.807, 2.05) is 0 Å². The van der Waals surface area contributed by atoms with Gasteiger partial charge < -0.3 is 5.32 Å². The maximum absolute atomic E-state index is 5.35. The molecule has 14 heavy (non-hydrogen) atoms. The van der Waals surface area contributed by atoms with E-state index in [1.165, 1.54) is 18.4 Å². The number of hydrogen-bond acceptors (Lipinski definition) is 3. The third-order valence-electron chi connectivity index (χ3n) is 2.05. The van der Waals surface area contributed by atoms with Crippen LogP contribution < -0.4 is 16.6 Å². The van der Waals surface area contributed by atoms with E-state index in [-0.39, 0.29) is 0 Å². The molecule has 4 nitrogen and oxygen atoms in total. The van der Waals surface area contributed by atoms with Crippen LogP contribution >= 0.6 is 11.3 Å². The molecule has 1 heterocycles. The molecule has 0 unspecified atom stereocenters. The number of nitrogens with two attached hydrogens (primary N) is 1. The number of hydrazine groups is 1.